The molecule has 0 unspecified atom stereocenters. The summed E-state index contributed by atoms with van der Waals surface area (Å²) < 4.78 is 35.2. The number of rotatable bonds is 6. The van der Waals surface area contributed by atoms with Crippen LogP contribution in [0.3, 0.4) is 0 Å². The van der Waals surface area contributed by atoms with Crippen molar-refractivity contribution in [2.75, 3.05) is 49.6 Å². The Kier molecular flexibility index (Phi) is 7.94. The number of hydrogen-bond acceptors (Lipinski definition) is 7. The van der Waals surface area contributed by atoms with Gasteiger partial charge < -0.3 is 25.2 Å². The molecule has 0 radical (unpaired) electrons. The molecule has 2 saturated heterocycles. The molecule has 0 spiro atoms. The third kappa shape index (κ3) is 5.81. The van der Waals surface area contributed by atoms with Crippen molar-refractivity contribution in [3.05, 3.63) is 36.2 Å². The van der Waals surface area contributed by atoms with E-state index in [9.17, 15) is 13.6 Å². The third-order valence-electron chi connectivity index (χ3n) is 8.08. The minimum Gasteiger partial charge on any atom is -0.378 e. The predicted molar refractivity (Wildman–Crippen MR) is 148 cm³/mol. The van der Waals surface area contributed by atoms with Gasteiger partial charge >= 0.3 is 6.03 Å². The van der Waals surface area contributed by atoms with E-state index in [0.29, 0.717) is 54.9 Å². The molecule has 2 N–H and O–H groups in total. The molecule has 1 aliphatic carbocycles. The summed E-state index contributed by atoms with van der Waals surface area (Å²) in [5.41, 5.74) is 1.06. The van der Waals surface area contributed by atoms with Crippen LogP contribution in [-0.4, -0.2) is 81.9 Å². The van der Waals surface area contributed by atoms with E-state index >= 15 is 0 Å². The summed E-state index contributed by atoms with van der Waals surface area (Å²) >= 11 is 0. The number of para-hydroxylation sites is 2. The van der Waals surface area contributed by atoms with Crippen molar-refractivity contribution in [2.45, 2.75) is 63.5 Å². The van der Waals surface area contributed by atoms with Crippen molar-refractivity contribution in [3.63, 3.8) is 0 Å². The van der Waals surface area contributed by atoms with Crippen LogP contribution in [0.4, 0.5) is 25.3 Å². The van der Waals surface area contributed by atoms with Gasteiger partial charge in [0.1, 0.15) is 11.6 Å². The fourth-order valence-corrected chi connectivity index (χ4v) is 5.91. The van der Waals surface area contributed by atoms with Crippen LogP contribution >= 0.6 is 0 Å². The molecule has 1 aromatic carbocycles. The van der Waals surface area contributed by atoms with Crippen LogP contribution in [0.5, 0.6) is 0 Å². The highest BCUT2D eigenvalue weighted by Gasteiger charge is 2.27. The van der Waals surface area contributed by atoms with Crippen molar-refractivity contribution in [1.29, 1.82) is 0 Å². The highest BCUT2D eigenvalue weighted by Crippen LogP contribution is 2.30. The lowest BCUT2D eigenvalue weighted by atomic mass is 9.91. The minimum atomic E-state index is -2.76. The van der Waals surface area contributed by atoms with Gasteiger partial charge in [0.05, 0.1) is 24.2 Å². The Morgan fingerprint density at radius 1 is 0.900 bits per heavy atom. The number of benzene rings is 1. The summed E-state index contributed by atoms with van der Waals surface area (Å²) in [7, 11) is 0. The molecule has 10 nitrogen and oxygen atoms in total. The van der Waals surface area contributed by atoms with Gasteiger partial charge in [0.2, 0.25) is 5.95 Å². The second-order valence-corrected chi connectivity index (χ2v) is 10.8. The number of halogens is 2. The summed E-state index contributed by atoms with van der Waals surface area (Å²) in [5.74, 6) is 1.07. The second kappa shape index (κ2) is 11.9. The van der Waals surface area contributed by atoms with Gasteiger partial charge in [-0.1, -0.05) is 12.1 Å². The molecule has 6 rings (SSSR count). The third-order valence-corrected chi connectivity index (χ3v) is 8.08. The average Bonchev–Trinajstić information content (AvgIpc) is 3.39. The predicted octanol–water partition coefficient (Wildman–Crippen LogP) is 4.51. The zero-order valence-electron chi connectivity index (χ0n) is 22.6. The van der Waals surface area contributed by atoms with Gasteiger partial charge in [-0.2, -0.15) is 9.97 Å². The second-order valence-electron chi connectivity index (χ2n) is 10.8. The van der Waals surface area contributed by atoms with Crippen molar-refractivity contribution in [2.24, 2.45) is 0 Å². The topological polar surface area (TPSA) is 100 Å². The first-order valence-electron chi connectivity index (χ1n) is 14.3. The van der Waals surface area contributed by atoms with Crippen molar-refractivity contribution < 1.29 is 18.3 Å². The number of amides is 2. The molecule has 3 fully saturated rings. The number of alkyl halides is 2. The van der Waals surface area contributed by atoms with E-state index in [-0.39, 0.29) is 23.9 Å². The van der Waals surface area contributed by atoms with Gasteiger partial charge in [-0.3, -0.25) is 4.57 Å². The minimum absolute atomic E-state index is 0.0460. The molecule has 2 amide bonds. The number of urea groups is 1. The number of piperidine rings is 1. The highest BCUT2D eigenvalue weighted by molar-refractivity contribution is 5.78. The van der Waals surface area contributed by atoms with E-state index in [1.165, 1.54) is 11.0 Å². The first-order valence-corrected chi connectivity index (χ1v) is 14.3. The number of hydrogen-bond donors (Lipinski definition) is 2. The molecule has 2 aliphatic heterocycles. The first kappa shape index (κ1) is 26.7. The monoisotopic (exact) mass is 554 g/mol. The van der Waals surface area contributed by atoms with Crippen molar-refractivity contribution in [1.82, 2.24) is 29.7 Å². The van der Waals surface area contributed by atoms with Gasteiger partial charge in [-0.15, -0.1) is 0 Å². The quantitative estimate of drug-likeness (QED) is 0.463. The molecule has 0 bridgehead atoms. The number of likely N-dealkylation sites (tertiary alicyclic amines) is 1. The van der Waals surface area contributed by atoms with Gasteiger partial charge in [0.25, 0.3) is 6.43 Å². The molecule has 214 valence electrons. The van der Waals surface area contributed by atoms with Crippen LogP contribution in [0, 0.1) is 0 Å². The van der Waals surface area contributed by atoms with E-state index in [4.69, 9.17) is 14.7 Å². The molecule has 2 aromatic heterocycles. The largest absolute Gasteiger partial charge is 0.378 e. The average molecular weight is 555 g/mol. The molecule has 40 heavy (non-hydrogen) atoms. The summed E-state index contributed by atoms with van der Waals surface area (Å²) in [6, 6.07) is 9.15. The number of nitrogens with zero attached hydrogens (tertiary/aromatic N) is 6. The SMILES string of the molecule is O=C(N[C@H]1CC[C@H](Nc2nc(N3CCOCC3)cc(-n3c(C(F)F)nc4ccccc43)n2)CC1)N1CCCCC1. The van der Waals surface area contributed by atoms with Gasteiger partial charge in [-0.25, -0.2) is 18.6 Å². The maximum atomic E-state index is 14.1. The number of carbonyl (C=O) groups is 1. The Balaban J connectivity index is 1.22. The summed E-state index contributed by atoms with van der Waals surface area (Å²) in [5, 5.41) is 6.69. The Bertz CT molecular complexity index is 1310. The zero-order chi connectivity index (χ0) is 27.5. The van der Waals surface area contributed by atoms with Crippen LogP contribution in [0.25, 0.3) is 16.9 Å². The van der Waals surface area contributed by atoms with Gasteiger partial charge in [-0.05, 0) is 57.1 Å². The van der Waals surface area contributed by atoms with Gasteiger partial charge in [0.15, 0.2) is 5.82 Å². The lowest BCUT2D eigenvalue weighted by molar-refractivity contribution is 0.122. The highest BCUT2D eigenvalue weighted by atomic mass is 19.3. The van der Waals surface area contributed by atoms with E-state index in [1.807, 2.05) is 11.0 Å². The number of fused-ring (bicyclic) bond motifs is 1. The summed E-state index contributed by atoms with van der Waals surface area (Å²) in [6.45, 7) is 4.13. The van der Waals surface area contributed by atoms with Crippen LogP contribution in [0.15, 0.2) is 30.3 Å². The number of ether oxygens (including phenoxy) is 1. The molecule has 0 atom stereocenters. The lowest BCUT2D eigenvalue weighted by Gasteiger charge is -2.33. The number of morpholine rings is 1. The van der Waals surface area contributed by atoms with Crippen molar-refractivity contribution in [3.8, 4) is 5.82 Å². The lowest BCUT2D eigenvalue weighted by Crippen LogP contribution is -2.48. The molecular formula is C28H36F2N8O2. The van der Waals surface area contributed by atoms with Gasteiger partial charge in [0, 0.05) is 44.3 Å². The molecule has 3 aliphatic rings. The fraction of sp³-hybridized carbons (Fsp3) is 0.571. The molecule has 1 saturated carbocycles. The molecule has 3 aromatic rings. The number of imidazole rings is 1. The van der Waals surface area contributed by atoms with E-state index in [2.05, 4.69) is 20.5 Å². The standard InChI is InChI=1S/C28H36F2N8O2/c29-25(30)26-33-21-6-2-3-7-22(21)38(26)24-18-23(36-14-16-40-17-15-36)34-27(35-24)31-19-8-10-20(11-9-19)32-28(39)37-12-4-1-5-13-37/h2-3,6-7,18-20,25H,1,4-5,8-17H2,(H,32,39)(H,31,34,35)/t19-,20-. The number of anilines is 2. The van der Waals surface area contributed by atoms with Crippen LogP contribution < -0.4 is 15.5 Å². The van der Waals surface area contributed by atoms with Crippen LogP contribution in [0.1, 0.15) is 57.2 Å². The summed E-state index contributed by atoms with van der Waals surface area (Å²) in [6.07, 6.45) is 3.98. The molecule has 4 heterocycles. The summed E-state index contributed by atoms with van der Waals surface area (Å²) in [4.78, 5) is 30.4. The van der Waals surface area contributed by atoms with E-state index in [1.54, 1.807) is 24.3 Å². The fourth-order valence-electron chi connectivity index (χ4n) is 5.91. The van der Waals surface area contributed by atoms with Crippen LogP contribution in [-0.2, 0) is 4.74 Å². The van der Waals surface area contributed by atoms with E-state index in [0.717, 1.165) is 51.6 Å². The maximum Gasteiger partial charge on any atom is 0.317 e. The molecule has 12 heteroatoms. The normalized spacial score (nSPS) is 22.1. The molecular weight excluding hydrogens is 518 g/mol. The smallest absolute Gasteiger partial charge is 0.317 e. The Labute approximate surface area is 232 Å². The van der Waals surface area contributed by atoms with Crippen molar-refractivity contribution >= 4 is 28.8 Å². The first-order chi connectivity index (χ1) is 19.5. The van der Waals surface area contributed by atoms with Crippen LogP contribution in [0.2, 0.25) is 0 Å². The zero-order valence-corrected chi connectivity index (χ0v) is 22.6. The number of aromatic nitrogens is 4. The Hall–Kier alpha value is -3.54. The maximum absolute atomic E-state index is 14.1. The van der Waals surface area contributed by atoms with E-state index < -0.39 is 6.43 Å². The number of nitrogens with one attached hydrogen (secondary N) is 2. The Morgan fingerprint density at radius 2 is 1.60 bits per heavy atom. The Morgan fingerprint density at radius 3 is 2.35 bits per heavy atom. The number of carbonyl (C=O) groups excluding carboxylic acids is 1.